The van der Waals surface area contributed by atoms with E-state index in [2.05, 4.69) is 5.32 Å². The van der Waals surface area contributed by atoms with Gasteiger partial charge < -0.3 is 15.0 Å². The Kier molecular flexibility index (Phi) is 5.60. The summed E-state index contributed by atoms with van der Waals surface area (Å²) in [7, 11) is 1.79. The number of hydrogen-bond acceptors (Lipinski definition) is 3. The van der Waals surface area contributed by atoms with E-state index in [0.29, 0.717) is 17.7 Å². The average Bonchev–Trinajstić information content (AvgIpc) is 2.70. The van der Waals surface area contributed by atoms with Crippen molar-refractivity contribution in [1.82, 2.24) is 10.2 Å². The van der Waals surface area contributed by atoms with Crippen LogP contribution < -0.4 is 10.1 Å². The summed E-state index contributed by atoms with van der Waals surface area (Å²) >= 11 is 0. The van der Waals surface area contributed by atoms with Crippen molar-refractivity contribution in [3.05, 3.63) is 70.8 Å². The first-order chi connectivity index (χ1) is 13.0. The monoisotopic (exact) mass is 364 g/mol. The molecule has 0 bridgehead atoms. The number of fused-ring (bicyclic) bond motifs is 1. The fourth-order valence-electron chi connectivity index (χ4n) is 2.75. The van der Waals surface area contributed by atoms with Gasteiger partial charge in [0.25, 0.3) is 11.8 Å². The van der Waals surface area contributed by atoms with Gasteiger partial charge in [0.05, 0.1) is 5.57 Å². The van der Waals surface area contributed by atoms with Gasteiger partial charge in [-0.2, -0.15) is 0 Å². The van der Waals surface area contributed by atoms with E-state index in [9.17, 15) is 9.59 Å². The van der Waals surface area contributed by atoms with Gasteiger partial charge in [0.15, 0.2) is 0 Å². The number of para-hydroxylation sites is 1. The van der Waals surface area contributed by atoms with Gasteiger partial charge in [-0.25, -0.2) is 0 Å². The number of rotatable bonds is 5. The fraction of sp³-hybridized carbons (Fsp3) is 0.273. The third kappa shape index (κ3) is 4.37. The molecule has 0 aliphatic carbocycles. The van der Waals surface area contributed by atoms with Crippen LogP contribution in [0.5, 0.6) is 5.75 Å². The van der Waals surface area contributed by atoms with Crippen molar-refractivity contribution in [3.8, 4) is 5.75 Å². The Balaban J connectivity index is 1.60. The van der Waals surface area contributed by atoms with E-state index < -0.39 is 0 Å². The molecule has 2 amide bonds. The van der Waals surface area contributed by atoms with Crippen molar-refractivity contribution in [2.75, 3.05) is 13.7 Å². The molecule has 1 aliphatic rings. The minimum Gasteiger partial charge on any atom is -0.488 e. The molecule has 5 heteroatoms. The number of ether oxygens (including phenoxy) is 1. The molecule has 1 aliphatic heterocycles. The largest absolute Gasteiger partial charge is 0.488 e. The number of hydrogen-bond donors (Lipinski definition) is 1. The van der Waals surface area contributed by atoms with Gasteiger partial charge in [-0.1, -0.05) is 30.3 Å². The molecule has 0 saturated heterocycles. The highest BCUT2D eigenvalue weighted by atomic mass is 16.5. The van der Waals surface area contributed by atoms with Gasteiger partial charge in [0.2, 0.25) is 0 Å². The molecule has 0 radical (unpaired) electrons. The maximum atomic E-state index is 12.4. The number of nitrogens with one attached hydrogen (secondary N) is 1. The summed E-state index contributed by atoms with van der Waals surface area (Å²) in [4.78, 5) is 26.4. The molecule has 27 heavy (non-hydrogen) atoms. The molecule has 0 saturated carbocycles. The number of carbonyl (C=O) groups is 2. The molecule has 0 aromatic heterocycles. The van der Waals surface area contributed by atoms with Gasteiger partial charge in [-0.3, -0.25) is 9.59 Å². The summed E-state index contributed by atoms with van der Waals surface area (Å²) in [5.74, 6) is 0.633. The first-order valence-corrected chi connectivity index (χ1v) is 9.02. The molecule has 140 valence electrons. The van der Waals surface area contributed by atoms with Crippen LogP contribution in [0.3, 0.4) is 0 Å². The van der Waals surface area contributed by atoms with Gasteiger partial charge >= 0.3 is 0 Å². The molecule has 0 atom stereocenters. The first-order valence-electron chi connectivity index (χ1n) is 9.02. The number of carbonyl (C=O) groups excluding carboxylic acids is 2. The van der Waals surface area contributed by atoms with Crippen LogP contribution in [0.1, 0.15) is 35.3 Å². The second-order valence-electron chi connectivity index (χ2n) is 6.89. The fourth-order valence-corrected chi connectivity index (χ4v) is 2.75. The number of nitrogens with zero attached hydrogens (tertiary/aromatic N) is 1. The van der Waals surface area contributed by atoms with E-state index in [-0.39, 0.29) is 24.5 Å². The molecule has 1 N–H and O–H groups in total. The first kappa shape index (κ1) is 18.7. The van der Waals surface area contributed by atoms with Crippen LogP contribution in [-0.2, 0) is 11.3 Å². The van der Waals surface area contributed by atoms with Crippen LogP contribution in [0.25, 0.3) is 6.08 Å². The quantitative estimate of drug-likeness (QED) is 0.886. The maximum absolute atomic E-state index is 12.4. The summed E-state index contributed by atoms with van der Waals surface area (Å²) in [6.07, 6.45) is 1.86. The molecular formula is C22H24N2O3. The summed E-state index contributed by atoms with van der Waals surface area (Å²) in [6, 6.07) is 15.1. The smallest absolute Gasteiger partial charge is 0.253 e. The zero-order valence-corrected chi connectivity index (χ0v) is 15.9. The molecule has 0 spiro atoms. The molecule has 0 fully saturated rings. The number of amides is 2. The Morgan fingerprint density at radius 3 is 2.52 bits per heavy atom. The summed E-state index contributed by atoms with van der Waals surface area (Å²) in [6.45, 7) is 4.61. The van der Waals surface area contributed by atoms with Crippen molar-refractivity contribution in [3.63, 3.8) is 0 Å². The average molecular weight is 364 g/mol. The Hall–Kier alpha value is -3.08. The van der Waals surface area contributed by atoms with Crippen molar-refractivity contribution in [2.24, 2.45) is 0 Å². The predicted molar refractivity (Wildman–Crippen MR) is 105 cm³/mol. The van der Waals surface area contributed by atoms with Crippen LogP contribution in [0.4, 0.5) is 0 Å². The van der Waals surface area contributed by atoms with Gasteiger partial charge in [-0.05, 0) is 43.7 Å². The molecule has 3 rings (SSSR count). The van der Waals surface area contributed by atoms with Gasteiger partial charge in [0.1, 0.15) is 12.4 Å². The SMILES string of the molecule is CC(C)N(C)C(=O)c1ccc(CNC(=O)C2=Cc3ccccc3OC2)cc1. The Morgan fingerprint density at radius 1 is 1.11 bits per heavy atom. The second-order valence-corrected chi connectivity index (χ2v) is 6.89. The third-order valence-electron chi connectivity index (χ3n) is 4.67. The molecule has 2 aromatic rings. The topological polar surface area (TPSA) is 58.6 Å². The molecule has 5 nitrogen and oxygen atoms in total. The summed E-state index contributed by atoms with van der Waals surface area (Å²) < 4.78 is 5.62. The highest BCUT2D eigenvalue weighted by Crippen LogP contribution is 2.25. The lowest BCUT2D eigenvalue weighted by molar-refractivity contribution is -0.117. The lowest BCUT2D eigenvalue weighted by Gasteiger charge is -2.21. The van der Waals surface area contributed by atoms with Crippen LogP contribution in [-0.4, -0.2) is 36.4 Å². The van der Waals surface area contributed by atoms with Crippen LogP contribution in [0, 0.1) is 0 Å². The predicted octanol–water partition coefficient (Wildman–Crippen LogP) is 3.26. The molecule has 1 heterocycles. The van der Waals surface area contributed by atoms with Gasteiger partial charge in [0, 0.05) is 30.8 Å². The molecule has 0 unspecified atom stereocenters. The lowest BCUT2D eigenvalue weighted by Crippen LogP contribution is -2.33. The van der Waals surface area contributed by atoms with Crippen molar-refractivity contribution in [2.45, 2.75) is 26.4 Å². The van der Waals surface area contributed by atoms with E-state index >= 15 is 0 Å². The van der Waals surface area contributed by atoms with E-state index in [4.69, 9.17) is 4.74 Å². The van der Waals surface area contributed by atoms with Crippen LogP contribution >= 0.6 is 0 Å². The summed E-state index contributed by atoms with van der Waals surface area (Å²) in [5.41, 5.74) is 3.08. The van der Waals surface area contributed by atoms with E-state index in [1.165, 1.54) is 0 Å². The number of benzene rings is 2. The maximum Gasteiger partial charge on any atom is 0.253 e. The van der Waals surface area contributed by atoms with Crippen molar-refractivity contribution in [1.29, 1.82) is 0 Å². The van der Waals surface area contributed by atoms with E-state index in [1.54, 1.807) is 24.1 Å². The van der Waals surface area contributed by atoms with E-state index in [0.717, 1.165) is 16.9 Å². The highest BCUT2D eigenvalue weighted by Gasteiger charge is 2.17. The molecule has 2 aromatic carbocycles. The Labute approximate surface area is 159 Å². The summed E-state index contributed by atoms with van der Waals surface area (Å²) in [5, 5.41) is 2.91. The van der Waals surface area contributed by atoms with Crippen LogP contribution in [0.15, 0.2) is 54.1 Å². The minimum absolute atomic E-state index is 0.0104. The zero-order valence-electron chi connectivity index (χ0n) is 15.9. The van der Waals surface area contributed by atoms with Crippen molar-refractivity contribution >= 4 is 17.9 Å². The van der Waals surface area contributed by atoms with E-state index in [1.807, 2.05) is 56.3 Å². The normalized spacial score (nSPS) is 12.7. The van der Waals surface area contributed by atoms with Crippen molar-refractivity contribution < 1.29 is 14.3 Å². The highest BCUT2D eigenvalue weighted by molar-refractivity contribution is 5.99. The van der Waals surface area contributed by atoms with Crippen LogP contribution in [0.2, 0.25) is 0 Å². The Bertz CT molecular complexity index is 869. The zero-order chi connectivity index (χ0) is 19.4. The molecular weight excluding hydrogens is 340 g/mol. The van der Waals surface area contributed by atoms with Gasteiger partial charge in [-0.15, -0.1) is 0 Å². The third-order valence-corrected chi connectivity index (χ3v) is 4.67. The standard InChI is InChI=1S/C22H24N2O3/c1-15(2)24(3)22(26)17-10-8-16(9-11-17)13-23-21(25)19-12-18-6-4-5-7-20(18)27-14-19/h4-12,15H,13-14H2,1-3H3,(H,23,25). The lowest BCUT2D eigenvalue weighted by atomic mass is 10.1. The minimum atomic E-state index is -0.149. The Morgan fingerprint density at radius 2 is 1.81 bits per heavy atom. The second kappa shape index (κ2) is 8.08.